The molecule has 2 aromatic carbocycles. The van der Waals surface area contributed by atoms with E-state index in [4.69, 9.17) is 0 Å². The van der Waals surface area contributed by atoms with Crippen LogP contribution in [0.15, 0.2) is 57.2 Å². The van der Waals surface area contributed by atoms with Gasteiger partial charge >= 0.3 is 6.18 Å². The van der Waals surface area contributed by atoms with Crippen molar-refractivity contribution < 1.29 is 40.7 Å². The number of carbonyl (C=O) groups is 2. The molecule has 2 amide bonds. The van der Waals surface area contributed by atoms with Crippen molar-refractivity contribution in [1.29, 1.82) is 0 Å². The molecule has 2 rings (SSSR count). The maximum Gasteiger partial charge on any atom is 0.426 e. The summed E-state index contributed by atoms with van der Waals surface area (Å²) in [5, 5.41) is 13.4. The number of anilines is 1. The van der Waals surface area contributed by atoms with Crippen LogP contribution in [-0.4, -0.2) is 49.9 Å². The third kappa shape index (κ3) is 5.58. The highest BCUT2D eigenvalue weighted by Crippen LogP contribution is 2.32. The zero-order valence-corrected chi connectivity index (χ0v) is 18.3. The zero-order chi connectivity index (χ0) is 24.3. The Kier molecular flexibility index (Phi) is 7.58. The van der Waals surface area contributed by atoms with E-state index < -0.39 is 43.9 Å². The zero-order valence-electron chi connectivity index (χ0n) is 16.7. The number of nitrogens with one attached hydrogen (secondary N) is 2. The van der Waals surface area contributed by atoms with Crippen LogP contribution in [0.2, 0.25) is 0 Å². The maximum atomic E-state index is 14.3. The molecular formula is C19H18F4N2O5S2. The van der Waals surface area contributed by atoms with Crippen LogP contribution in [0.1, 0.15) is 6.92 Å². The van der Waals surface area contributed by atoms with Crippen molar-refractivity contribution in [2.24, 2.45) is 0 Å². The summed E-state index contributed by atoms with van der Waals surface area (Å²) in [6.45, 7) is 0.204. The largest absolute Gasteiger partial charge is 0.426 e. The minimum atomic E-state index is -5.30. The Morgan fingerprint density at radius 2 is 1.62 bits per heavy atom. The van der Waals surface area contributed by atoms with E-state index in [1.165, 1.54) is 43.1 Å². The van der Waals surface area contributed by atoms with E-state index in [1.54, 1.807) is 5.32 Å². The first-order chi connectivity index (χ1) is 14.7. The molecule has 2 aromatic rings. The number of hydrogen-bond acceptors (Lipinski definition) is 6. The van der Waals surface area contributed by atoms with Gasteiger partial charge in [-0.3, -0.25) is 9.59 Å². The lowest BCUT2D eigenvalue weighted by atomic mass is 10.1. The fourth-order valence-electron chi connectivity index (χ4n) is 2.21. The van der Waals surface area contributed by atoms with Gasteiger partial charge in [0.05, 0.1) is 21.2 Å². The molecule has 13 heteroatoms. The van der Waals surface area contributed by atoms with Crippen LogP contribution >= 0.6 is 11.8 Å². The minimum Gasteiger partial charge on any atom is -0.373 e. The van der Waals surface area contributed by atoms with Gasteiger partial charge in [0, 0.05) is 11.9 Å². The summed E-state index contributed by atoms with van der Waals surface area (Å²) in [4.78, 5) is 22.9. The normalized spacial score (nSPS) is 13.8. The van der Waals surface area contributed by atoms with Crippen molar-refractivity contribution in [2.75, 3.05) is 18.1 Å². The van der Waals surface area contributed by atoms with Gasteiger partial charge in [0.1, 0.15) is 5.82 Å². The third-order valence-electron chi connectivity index (χ3n) is 4.28. The van der Waals surface area contributed by atoms with Crippen molar-refractivity contribution in [3.63, 3.8) is 0 Å². The second-order valence-electron chi connectivity index (χ2n) is 6.60. The average molecular weight is 494 g/mol. The van der Waals surface area contributed by atoms with Crippen molar-refractivity contribution in [2.45, 2.75) is 33.4 Å². The molecule has 174 valence electrons. The number of benzene rings is 2. The molecule has 0 bridgehead atoms. The summed E-state index contributed by atoms with van der Waals surface area (Å²) in [6, 6.07) is 7.67. The monoisotopic (exact) mass is 494 g/mol. The Morgan fingerprint density at radius 1 is 1.06 bits per heavy atom. The predicted molar refractivity (Wildman–Crippen MR) is 108 cm³/mol. The fraction of sp³-hybridized carbons (Fsp3) is 0.263. The predicted octanol–water partition coefficient (Wildman–Crippen LogP) is 2.75. The summed E-state index contributed by atoms with van der Waals surface area (Å²) in [5.41, 5.74) is -4.51. The Hall–Kier alpha value is -2.64. The smallest absolute Gasteiger partial charge is 0.373 e. The Labute approximate surface area is 185 Å². The highest BCUT2D eigenvalue weighted by Gasteiger charge is 2.55. The number of sulfone groups is 1. The highest BCUT2D eigenvalue weighted by molar-refractivity contribution is 8.00. The van der Waals surface area contributed by atoms with Gasteiger partial charge in [0.15, 0.2) is 0 Å². The van der Waals surface area contributed by atoms with Gasteiger partial charge in [-0.1, -0.05) is 0 Å². The Balaban J connectivity index is 2.23. The van der Waals surface area contributed by atoms with Gasteiger partial charge < -0.3 is 15.7 Å². The van der Waals surface area contributed by atoms with Crippen LogP contribution in [0.3, 0.4) is 0 Å². The van der Waals surface area contributed by atoms with Crippen LogP contribution in [-0.2, 0) is 19.4 Å². The van der Waals surface area contributed by atoms with Gasteiger partial charge in [-0.25, -0.2) is 12.8 Å². The summed E-state index contributed by atoms with van der Waals surface area (Å²) in [7, 11) is -2.70. The Morgan fingerprint density at radius 3 is 2.12 bits per heavy atom. The fourth-order valence-corrected chi connectivity index (χ4v) is 4.25. The molecule has 3 N–H and O–H groups in total. The average Bonchev–Trinajstić information content (AvgIpc) is 2.72. The van der Waals surface area contributed by atoms with E-state index in [1.807, 2.05) is 0 Å². The molecule has 0 fully saturated rings. The number of amides is 2. The van der Waals surface area contributed by atoms with E-state index in [0.717, 1.165) is 12.1 Å². The molecule has 0 aliphatic carbocycles. The molecule has 1 unspecified atom stereocenters. The minimum absolute atomic E-state index is 0.127. The number of rotatable bonds is 7. The quantitative estimate of drug-likeness (QED) is 0.403. The molecule has 0 heterocycles. The van der Waals surface area contributed by atoms with Crippen molar-refractivity contribution >= 4 is 39.1 Å². The molecular weight excluding hydrogens is 476 g/mol. The Bertz CT molecular complexity index is 1120. The highest BCUT2D eigenvalue weighted by atomic mass is 32.2. The lowest BCUT2D eigenvalue weighted by Crippen LogP contribution is -2.52. The van der Waals surface area contributed by atoms with Crippen LogP contribution in [0.4, 0.5) is 23.2 Å². The van der Waals surface area contributed by atoms with E-state index in [0.29, 0.717) is 11.0 Å². The molecule has 0 saturated carbocycles. The second-order valence-corrected chi connectivity index (χ2v) is 9.60. The van der Waals surface area contributed by atoms with E-state index >= 15 is 0 Å². The number of carbonyl (C=O) groups excluding carboxylic acids is 2. The lowest BCUT2D eigenvalue weighted by Gasteiger charge is -2.25. The van der Waals surface area contributed by atoms with E-state index in [2.05, 4.69) is 5.32 Å². The topological polar surface area (TPSA) is 113 Å². The number of aliphatic hydroxyl groups is 1. The van der Waals surface area contributed by atoms with Crippen molar-refractivity contribution in [3.05, 3.63) is 48.3 Å². The van der Waals surface area contributed by atoms with Crippen LogP contribution < -0.4 is 10.6 Å². The summed E-state index contributed by atoms with van der Waals surface area (Å²) in [6.07, 6.45) is -5.30. The summed E-state index contributed by atoms with van der Waals surface area (Å²) < 4.78 is 77.9. The molecule has 7 nitrogen and oxygen atoms in total. The van der Waals surface area contributed by atoms with Gasteiger partial charge in [-0.05, 0) is 49.4 Å². The molecule has 0 aliphatic rings. The van der Waals surface area contributed by atoms with Crippen LogP contribution in [0.5, 0.6) is 0 Å². The lowest BCUT2D eigenvalue weighted by molar-refractivity contribution is -0.242. The number of hydrogen-bond donors (Lipinski definition) is 3. The van der Waals surface area contributed by atoms with Crippen molar-refractivity contribution in [3.8, 4) is 0 Å². The molecule has 1 atom stereocenters. The molecule has 0 aliphatic heterocycles. The summed E-state index contributed by atoms with van der Waals surface area (Å²) >= 11 is 1.17. The van der Waals surface area contributed by atoms with E-state index in [-0.39, 0.29) is 23.5 Å². The van der Waals surface area contributed by atoms with Gasteiger partial charge in [0.2, 0.25) is 21.3 Å². The maximum absolute atomic E-state index is 14.3. The second kappa shape index (κ2) is 9.46. The molecule has 0 saturated heterocycles. The molecule has 0 aromatic heterocycles. The molecule has 0 spiro atoms. The first-order valence-corrected chi connectivity index (χ1v) is 11.3. The standard InChI is InChI=1S/C19H18F4N2O5S2/c1-18(28,19(21,22)23)17(27)25-15-8-7-13(9-14(15)20)32(29,30)12-5-3-11(4-6-12)31-10-16(26)24-2/h3-9,28H,10H2,1-2H3,(H,24,26)(H,25,27). The first kappa shape index (κ1) is 25.6. The van der Waals surface area contributed by atoms with E-state index in [9.17, 15) is 40.7 Å². The number of halogens is 4. The first-order valence-electron chi connectivity index (χ1n) is 8.79. The third-order valence-corrected chi connectivity index (χ3v) is 7.06. The molecule has 0 radical (unpaired) electrons. The number of alkyl halides is 3. The van der Waals surface area contributed by atoms with Gasteiger partial charge in [-0.2, -0.15) is 13.2 Å². The molecule has 32 heavy (non-hydrogen) atoms. The van der Waals surface area contributed by atoms with Gasteiger partial charge in [0.25, 0.3) is 5.91 Å². The number of thioether (sulfide) groups is 1. The SMILES string of the molecule is CNC(=O)CSc1ccc(S(=O)(=O)c2ccc(NC(=O)C(C)(O)C(F)(F)F)c(F)c2)cc1. The summed E-state index contributed by atoms with van der Waals surface area (Å²) in [5.74, 6) is -3.33. The van der Waals surface area contributed by atoms with Crippen LogP contribution in [0.25, 0.3) is 0 Å². The van der Waals surface area contributed by atoms with Crippen LogP contribution in [0, 0.1) is 5.82 Å². The van der Waals surface area contributed by atoms with Crippen molar-refractivity contribution in [1.82, 2.24) is 5.32 Å². The van der Waals surface area contributed by atoms with Gasteiger partial charge in [-0.15, -0.1) is 11.8 Å².